The van der Waals surface area contributed by atoms with Gasteiger partial charge in [0.25, 0.3) is 0 Å². The molecular weight excluding hydrogens is 281 g/mol. The van der Waals surface area contributed by atoms with Crippen molar-refractivity contribution in [1.82, 2.24) is 5.32 Å². The number of hydrogen-bond acceptors (Lipinski definition) is 2. The quantitative estimate of drug-likeness (QED) is 0.911. The Balaban J connectivity index is 1.60. The lowest BCUT2D eigenvalue weighted by Crippen LogP contribution is -2.33. The highest BCUT2D eigenvalue weighted by molar-refractivity contribution is 5.77. The van der Waals surface area contributed by atoms with Crippen molar-refractivity contribution in [3.05, 3.63) is 71.0 Å². The van der Waals surface area contributed by atoms with Crippen LogP contribution in [-0.2, 0) is 17.6 Å². The van der Waals surface area contributed by atoms with Gasteiger partial charge >= 0.3 is 0 Å². The Morgan fingerprint density at radius 3 is 2.86 bits per heavy atom. The normalized spacial score (nSPS) is 19.7. The van der Waals surface area contributed by atoms with Gasteiger partial charge in [-0.3, -0.25) is 4.79 Å². The molecule has 3 nitrogen and oxygen atoms in total. The Morgan fingerprint density at radius 2 is 2.05 bits per heavy atom. The van der Waals surface area contributed by atoms with Crippen LogP contribution < -0.4 is 5.32 Å². The van der Waals surface area contributed by atoms with Gasteiger partial charge in [0, 0.05) is 12.8 Å². The van der Waals surface area contributed by atoms with Gasteiger partial charge in [0.15, 0.2) is 0 Å². The molecule has 4 heteroatoms. The number of rotatable bonds is 4. The van der Waals surface area contributed by atoms with Crippen LogP contribution in [0.25, 0.3) is 0 Å². The fourth-order valence-electron chi connectivity index (χ4n) is 2.94. The molecule has 22 heavy (non-hydrogen) atoms. The summed E-state index contributed by atoms with van der Waals surface area (Å²) in [6, 6.07) is 13.7. The predicted octanol–water partition coefficient (Wildman–Crippen LogP) is 2.53. The number of fused-ring (bicyclic) bond motifs is 1. The fourth-order valence-corrected chi connectivity index (χ4v) is 2.94. The SMILES string of the molecule is O=C(CCc1cccc(F)c1)N[C@H]1c2ccccc2C[C@H]1O. The molecule has 1 aliphatic rings. The van der Waals surface area contributed by atoms with Gasteiger partial charge in [-0.05, 0) is 35.2 Å². The molecule has 1 aliphatic carbocycles. The summed E-state index contributed by atoms with van der Waals surface area (Å²) in [7, 11) is 0. The molecule has 2 N–H and O–H groups in total. The Labute approximate surface area is 128 Å². The third kappa shape index (κ3) is 3.17. The van der Waals surface area contributed by atoms with Gasteiger partial charge in [-0.15, -0.1) is 0 Å². The average Bonchev–Trinajstić information content (AvgIpc) is 2.81. The number of hydrogen-bond donors (Lipinski definition) is 2. The Hall–Kier alpha value is -2.20. The van der Waals surface area contributed by atoms with Crippen molar-refractivity contribution in [3.8, 4) is 0 Å². The van der Waals surface area contributed by atoms with Crippen LogP contribution in [0.5, 0.6) is 0 Å². The highest BCUT2D eigenvalue weighted by Gasteiger charge is 2.31. The number of halogens is 1. The molecule has 0 unspecified atom stereocenters. The molecule has 3 rings (SSSR count). The van der Waals surface area contributed by atoms with Crippen molar-refractivity contribution in [2.24, 2.45) is 0 Å². The number of aryl methyl sites for hydroxylation is 1. The fraction of sp³-hybridized carbons (Fsp3) is 0.278. The first-order valence-corrected chi connectivity index (χ1v) is 7.43. The van der Waals surface area contributed by atoms with Gasteiger partial charge in [0.2, 0.25) is 5.91 Å². The molecule has 0 spiro atoms. The summed E-state index contributed by atoms with van der Waals surface area (Å²) < 4.78 is 13.1. The molecule has 0 bridgehead atoms. The zero-order valence-electron chi connectivity index (χ0n) is 12.1. The lowest BCUT2D eigenvalue weighted by atomic mass is 10.1. The van der Waals surface area contributed by atoms with E-state index in [0.29, 0.717) is 12.8 Å². The van der Waals surface area contributed by atoms with Crippen LogP contribution in [0.1, 0.15) is 29.2 Å². The van der Waals surface area contributed by atoms with Crippen molar-refractivity contribution < 1.29 is 14.3 Å². The van der Waals surface area contributed by atoms with Crippen LogP contribution in [0.3, 0.4) is 0 Å². The van der Waals surface area contributed by atoms with E-state index >= 15 is 0 Å². The molecule has 0 aromatic heterocycles. The second-order valence-corrected chi connectivity index (χ2v) is 5.65. The van der Waals surface area contributed by atoms with E-state index in [0.717, 1.165) is 16.7 Å². The topological polar surface area (TPSA) is 49.3 Å². The van der Waals surface area contributed by atoms with Crippen molar-refractivity contribution in [3.63, 3.8) is 0 Å². The van der Waals surface area contributed by atoms with Gasteiger partial charge in [0.1, 0.15) is 5.82 Å². The summed E-state index contributed by atoms with van der Waals surface area (Å²) in [6.45, 7) is 0. The minimum absolute atomic E-state index is 0.134. The van der Waals surface area contributed by atoms with Crippen LogP contribution in [-0.4, -0.2) is 17.1 Å². The molecule has 0 radical (unpaired) electrons. The maximum absolute atomic E-state index is 13.1. The first-order valence-electron chi connectivity index (χ1n) is 7.43. The molecule has 0 fully saturated rings. The van der Waals surface area contributed by atoms with E-state index in [1.807, 2.05) is 24.3 Å². The van der Waals surface area contributed by atoms with Crippen LogP contribution in [0, 0.1) is 5.82 Å². The molecule has 0 heterocycles. The first-order chi connectivity index (χ1) is 10.6. The number of aliphatic hydroxyl groups is 1. The lowest BCUT2D eigenvalue weighted by Gasteiger charge is -2.18. The minimum Gasteiger partial charge on any atom is -0.390 e. The zero-order valence-corrected chi connectivity index (χ0v) is 12.1. The van der Waals surface area contributed by atoms with Crippen molar-refractivity contribution >= 4 is 5.91 Å². The summed E-state index contributed by atoms with van der Waals surface area (Å²) >= 11 is 0. The van der Waals surface area contributed by atoms with E-state index in [1.54, 1.807) is 12.1 Å². The number of benzene rings is 2. The van der Waals surface area contributed by atoms with Crippen LogP contribution in [0.4, 0.5) is 4.39 Å². The van der Waals surface area contributed by atoms with E-state index in [4.69, 9.17) is 0 Å². The van der Waals surface area contributed by atoms with Gasteiger partial charge in [-0.1, -0.05) is 36.4 Å². The molecule has 2 aromatic carbocycles. The predicted molar refractivity (Wildman–Crippen MR) is 81.8 cm³/mol. The highest BCUT2D eigenvalue weighted by atomic mass is 19.1. The third-order valence-corrected chi connectivity index (χ3v) is 4.05. The van der Waals surface area contributed by atoms with Crippen molar-refractivity contribution in [2.75, 3.05) is 0 Å². The molecule has 0 aliphatic heterocycles. The summed E-state index contributed by atoms with van der Waals surface area (Å²) in [5, 5.41) is 13.0. The molecule has 1 amide bonds. The van der Waals surface area contributed by atoms with E-state index in [2.05, 4.69) is 5.32 Å². The second-order valence-electron chi connectivity index (χ2n) is 5.65. The molecule has 0 saturated carbocycles. The van der Waals surface area contributed by atoms with Gasteiger partial charge in [-0.2, -0.15) is 0 Å². The number of amides is 1. The highest BCUT2D eigenvalue weighted by Crippen LogP contribution is 2.31. The Kier molecular flexibility index (Phi) is 4.20. The van der Waals surface area contributed by atoms with Gasteiger partial charge < -0.3 is 10.4 Å². The third-order valence-electron chi connectivity index (χ3n) is 4.05. The molecule has 2 atom stereocenters. The van der Waals surface area contributed by atoms with E-state index < -0.39 is 6.10 Å². The van der Waals surface area contributed by atoms with Gasteiger partial charge in [0.05, 0.1) is 12.1 Å². The van der Waals surface area contributed by atoms with E-state index in [1.165, 1.54) is 12.1 Å². The van der Waals surface area contributed by atoms with E-state index in [9.17, 15) is 14.3 Å². The van der Waals surface area contributed by atoms with Crippen LogP contribution in [0.2, 0.25) is 0 Å². The average molecular weight is 299 g/mol. The van der Waals surface area contributed by atoms with E-state index in [-0.39, 0.29) is 24.2 Å². The molecule has 0 saturated heterocycles. The minimum atomic E-state index is -0.587. The standard InChI is InChI=1S/C18H18FNO2/c19-14-6-3-4-12(10-14)8-9-17(22)20-18-15-7-2-1-5-13(15)11-16(18)21/h1-7,10,16,18,21H,8-9,11H2,(H,20,22)/t16-,18+/m1/s1. The van der Waals surface area contributed by atoms with Gasteiger partial charge in [-0.25, -0.2) is 4.39 Å². The van der Waals surface area contributed by atoms with Crippen LogP contribution in [0.15, 0.2) is 48.5 Å². The number of carbonyl (C=O) groups is 1. The van der Waals surface area contributed by atoms with Crippen molar-refractivity contribution in [1.29, 1.82) is 0 Å². The number of carbonyl (C=O) groups excluding carboxylic acids is 1. The monoisotopic (exact) mass is 299 g/mol. The number of nitrogens with one attached hydrogen (secondary N) is 1. The van der Waals surface area contributed by atoms with Crippen molar-refractivity contribution in [2.45, 2.75) is 31.4 Å². The summed E-state index contributed by atoms with van der Waals surface area (Å²) in [5.41, 5.74) is 2.85. The molecule has 2 aromatic rings. The zero-order chi connectivity index (χ0) is 15.5. The largest absolute Gasteiger partial charge is 0.390 e. The first kappa shape index (κ1) is 14.7. The lowest BCUT2D eigenvalue weighted by molar-refractivity contribution is -0.122. The second kappa shape index (κ2) is 6.28. The Morgan fingerprint density at radius 1 is 1.23 bits per heavy atom. The molecule has 114 valence electrons. The summed E-state index contributed by atoms with van der Waals surface area (Å²) in [5.74, 6) is -0.428. The number of aliphatic hydroxyl groups excluding tert-OH is 1. The maximum atomic E-state index is 13.1. The molecular formula is C18H18FNO2. The summed E-state index contributed by atoms with van der Waals surface area (Å²) in [6.07, 6.45) is 0.726. The van der Waals surface area contributed by atoms with Crippen LogP contribution >= 0.6 is 0 Å². The summed E-state index contributed by atoms with van der Waals surface area (Å²) in [4.78, 5) is 12.1. The Bertz CT molecular complexity index is 686. The maximum Gasteiger partial charge on any atom is 0.220 e. The smallest absolute Gasteiger partial charge is 0.220 e.